The van der Waals surface area contributed by atoms with E-state index in [1.807, 2.05) is 6.07 Å². The molecule has 3 aromatic carbocycles. The van der Waals surface area contributed by atoms with Gasteiger partial charge in [-0.05, 0) is 42.0 Å². The monoisotopic (exact) mass is 475 g/mol. The van der Waals surface area contributed by atoms with Crippen molar-refractivity contribution < 1.29 is 17.9 Å². The molecular weight excluding hydrogens is 459 g/mol. The summed E-state index contributed by atoms with van der Waals surface area (Å²) in [6.07, 6.45) is 1.28. The molecule has 1 aromatic heterocycles. The van der Waals surface area contributed by atoms with Gasteiger partial charge in [0, 0.05) is 11.1 Å². The van der Waals surface area contributed by atoms with Crippen LogP contribution in [0.4, 0.5) is 19.1 Å². The van der Waals surface area contributed by atoms with Gasteiger partial charge in [-0.2, -0.15) is 10.4 Å². The number of hydrogen-bond donors (Lipinski definition) is 2. The Morgan fingerprint density at radius 2 is 1.86 bits per heavy atom. The van der Waals surface area contributed by atoms with E-state index in [1.165, 1.54) is 18.3 Å². The summed E-state index contributed by atoms with van der Waals surface area (Å²) in [4.78, 5) is 18.9. The van der Waals surface area contributed by atoms with Crippen LogP contribution in [0, 0.1) is 28.8 Å². The van der Waals surface area contributed by atoms with Crippen LogP contribution in [0.2, 0.25) is 0 Å². The number of halogens is 3. The minimum Gasteiger partial charge on any atom is -0.486 e. The summed E-state index contributed by atoms with van der Waals surface area (Å²) < 4.78 is 46.6. The van der Waals surface area contributed by atoms with Crippen molar-refractivity contribution in [2.24, 2.45) is 5.10 Å². The fourth-order valence-corrected chi connectivity index (χ4v) is 3.13. The lowest BCUT2D eigenvalue weighted by Gasteiger charge is -2.09. The van der Waals surface area contributed by atoms with Crippen LogP contribution in [0.3, 0.4) is 0 Å². The summed E-state index contributed by atoms with van der Waals surface area (Å²) >= 11 is 0. The number of rotatable bonds is 7. The summed E-state index contributed by atoms with van der Waals surface area (Å²) in [7, 11) is 0. The van der Waals surface area contributed by atoms with E-state index in [0.29, 0.717) is 11.1 Å². The van der Waals surface area contributed by atoms with Gasteiger partial charge in [0.2, 0.25) is 5.95 Å². The first-order chi connectivity index (χ1) is 16.9. The van der Waals surface area contributed by atoms with Crippen molar-refractivity contribution in [2.75, 3.05) is 5.43 Å². The predicted octanol–water partition coefficient (Wildman–Crippen LogP) is 4.75. The number of nitrogens with zero attached hydrogens (tertiary/aromatic N) is 3. The van der Waals surface area contributed by atoms with Crippen molar-refractivity contribution in [1.82, 2.24) is 9.97 Å². The first kappa shape index (κ1) is 23.3. The molecule has 4 rings (SSSR count). The molecule has 0 unspecified atom stereocenters. The molecule has 2 N–H and O–H groups in total. The van der Waals surface area contributed by atoms with Gasteiger partial charge < -0.3 is 4.74 Å². The Balaban J connectivity index is 1.47. The molecule has 35 heavy (non-hydrogen) atoms. The Kier molecular flexibility index (Phi) is 6.88. The van der Waals surface area contributed by atoms with Gasteiger partial charge in [-0.15, -0.1) is 0 Å². The molecule has 0 radical (unpaired) electrons. The molecule has 174 valence electrons. The molecule has 1 heterocycles. The quantitative estimate of drug-likeness (QED) is 0.297. The average Bonchev–Trinajstić information content (AvgIpc) is 2.85. The van der Waals surface area contributed by atoms with E-state index in [0.717, 1.165) is 24.3 Å². The fraction of sp³-hybridized carbons (Fsp3) is 0.0400. The number of ether oxygens (including phenoxy) is 1. The number of nitriles is 1. The van der Waals surface area contributed by atoms with E-state index in [-0.39, 0.29) is 35.1 Å². The van der Waals surface area contributed by atoms with Gasteiger partial charge in [0.25, 0.3) is 5.56 Å². The van der Waals surface area contributed by atoms with Gasteiger partial charge in [-0.25, -0.2) is 23.6 Å². The van der Waals surface area contributed by atoms with Gasteiger partial charge >= 0.3 is 0 Å². The van der Waals surface area contributed by atoms with Gasteiger partial charge in [-0.1, -0.05) is 30.3 Å². The fourth-order valence-electron chi connectivity index (χ4n) is 3.13. The summed E-state index contributed by atoms with van der Waals surface area (Å²) in [6.45, 7) is -0.350. The number of benzene rings is 3. The Labute approximate surface area is 197 Å². The highest BCUT2D eigenvalue weighted by Gasteiger charge is 2.13. The van der Waals surface area contributed by atoms with E-state index in [2.05, 4.69) is 20.5 Å². The second-order valence-corrected chi connectivity index (χ2v) is 7.20. The average molecular weight is 475 g/mol. The molecule has 0 saturated carbocycles. The number of nitrogens with one attached hydrogen (secondary N) is 2. The predicted molar refractivity (Wildman–Crippen MR) is 123 cm³/mol. The maximum absolute atomic E-state index is 14.4. The molecule has 0 atom stereocenters. The molecule has 4 aromatic rings. The summed E-state index contributed by atoms with van der Waals surface area (Å²) in [5.41, 5.74) is 2.85. The van der Waals surface area contributed by atoms with Crippen LogP contribution >= 0.6 is 0 Å². The molecule has 0 aliphatic rings. The normalized spacial score (nSPS) is 10.8. The van der Waals surface area contributed by atoms with Crippen molar-refractivity contribution in [3.05, 3.63) is 111 Å². The maximum atomic E-state index is 14.4. The van der Waals surface area contributed by atoms with E-state index in [4.69, 9.17) is 4.74 Å². The number of hydrazone groups is 1. The van der Waals surface area contributed by atoms with Crippen molar-refractivity contribution in [2.45, 2.75) is 6.61 Å². The van der Waals surface area contributed by atoms with Crippen molar-refractivity contribution in [3.63, 3.8) is 0 Å². The van der Waals surface area contributed by atoms with E-state index < -0.39 is 23.0 Å². The highest BCUT2D eigenvalue weighted by atomic mass is 19.1. The van der Waals surface area contributed by atoms with Crippen LogP contribution in [0.15, 0.2) is 76.6 Å². The van der Waals surface area contributed by atoms with E-state index >= 15 is 0 Å². The standard InChI is InChI=1S/C25H16F3N5O2/c26-18-7-8-20(27)17(11-18)14-35-22-9-6-15(10-21(22)28)13-30-33-25-31-23(16-4-2-1-3-5-16)19(12-29)24(34)32-25/h1-11,13H,14H2,(H2,31,32,33,34). The molecule has 0 aliphatic heterocycles. The van der Waals surface area contributed by atoms with Gasteiger partial charge in [-0.3, -0.25) is 9.78 Å². The minimum atomic E-state index is -0.734. The van der Waals surface area contributed by atoms with Crippen LogP contribution in [0.25, 0.3) is 11.3 Å². The second kappa shape index (κ2) is 10.4. The largest absolute Gasteiger partial charge is 0.486 e. The van der Waals surface area contributed by atoms with Crippen LogP contribution in [0.5, 0.6) is 5.75 Å². The topological polar surface area (TPSA) is 103 Å². The Morgan fingerprint density at radius 3 is 2.60 bits per heavy atom. The highest BCUT2D eigenvalue weighted by Crippen LogP contribution is 2.21. The minimum absolute atomic E-state index is 0.0124. The van der Waals surface area contributed by atoms with Crippen LogP contribution in [0.1, 0.15) is 16.7 Å². The van der Waals surface area contributed by atoms with Crippen molar-refractivity contribution >= 4 is 12.2 Å². The first-order valence-corrected chi connectivity index (χ1v) is 10.2. The summed E-state index contributed by atoms with van der Waals surface area (Å²) in [6, 6.07) is 17.4. The van der Waals surface area contributed by atoms with Gasteiger partial charge in [0.1, 0.15) is 29.9 Å². The molecular formula is C25H16F3N5O2. The Hall–Kier alpha value is -4.91. The van der Waals surface area contributed by atoms with Crippen LogP contribution < -0.4 is 15.7 Å². The third-order valence-corrected chi connectivity index (χ3v) is 4.81. The molecule has 0 aliphatic carbocycles. The second-order valence-electron chi connectivity index (χ2n) is 7.20. The van der Waals surface area contributed by atoms with Gasteiger partial charge in [0.15, 0.2) is 11.6 Å². The summed E-state index contributed by atoms with van der Waals surface area (Å²) in [5, 5.41) is 13.3. The zero-order chi connectivity index (χ0) is 24.8. The van der Waals surface area contributed by atoms with Crippen molar-refractivity contribution in [1.29, 1.82) is 5.26 Å². The van der Waals surface area contributed by atoms with Crippen molar-refractivity contribution in [3.8, 4) is 23.1 Å². The van der Waals surface area contributed by atoms with Gasteiger partial charge in [0.05, 0.1) is 11.9 Å². The van der Waals surface area contributed by atoms with Crippen LogP contribution in [-0.4, -0.2) is 16.2 Å². The number of anilines is 1. The molecule has 0 bridgehead atoms. The molecule has 7 nitrogen and oxygen atoms in total. The molecule has 10 heteroatoms. The van der Waals surface area contributed by atoms with E-state index in [9.17, 15) is 23.2 Å². The third kappa shape index (κ3) is 5.54. The lowest BCUT2D eigenvalue weighted by molar-refractivity contribution is 0.284. The molecule has 0 fully saturated rings. The summed E-state index contributed by atoms with van der Waals surface area (Å²) in [5.74, 6) is -2.18. The molecule has 0 saturated heterocycles. The lowest BCUT2D eigenvalue weighted by Crippen LogP contribution is -2.16. The van der Waals surface area contributed by atoms with E-state index in [1.54, 1.807) is 30.3 Å². The lowest BCUT2D eigenvalue weighted by atomic mass is 10.1. The zero-order valence-electron chi connectivity index (χ0n) is 17.9. The number of aromatic amines is 1. The zero-order valence-corrected chi connectivity index (χ0v) is 17.9. The van der Waals surface area contributed by atoms with Crippen LogP contribution in [-0.2, 0) is 6.61 Å². The number of H-pyrrole nitrogens is 1. The SMILES string of the molecule is N#Cc1c(-c2ccccc2)nc(NN=Cc2ccc(OCc3cc(F)ccc3F)c(F)c2)[nH]c1=O. The third-order valence-electron chi connectivity index (χ3n) is 4.81. The highest BCUT2D eigenvalue weighted by molar-refractivity contribution is 5.80. The smallest absolute Gasteiger partial charge is 0.270 e. The molecule has 0 amide bonds. The number of aromatic nitrogens is 2. The maximum Gasteiger partial charge on any atom is 0.270 e. The molecule has 0 spiro atoms. The first-order valence-electron chi connectivity index (χ1n) is 10.2. The Morgan fingerprint density at radius 1 is 1.06 bits per heavy atom. The number of hydrogen-bond acceptors (Lipinski definition) is 6. The Bertz CT molecular complexity index is 1500.